The second kappa shape index (κ2) is 4.63. The first-order chi connectivity index (χ1) is 8.60. The molecule has 2 aromatic rings. The van der Waals surface area contributed by atoms with Crippen LogP contribution in [-0.2, 0) is 0 Å². The molecule has 92 valence electrons. The fraction of sp³-hybridized carbons (Fsp3) is 0. The van der Waals surface area contributed by atoms with Crippen LogP contribution in [0, 0.1) is 10.1 Å². The second-order valence-corrected chi connectivity index (χ2v) is 3.40. The van der Waals surface area contributed by atoms with E-state index in [2.05, 4.69) is 9.97 Å². The maximum atomic E-state index is 11.3. The Morgan fingerprint density at radius 3 is 2.56 bits per heavy atom. The van der Waals surface area contributed by atoms with E-state index in [0.29, 0.717) is 11.3 Å². The number of aromatic amines is 1. The molecule has 0 unspecified atom stereocenters. The van der Waals surface area contributed by atoms with Crippen molar-refractivity contribution in [3.8, 4) is 11.3 Å². The van der Waals surface area contributed by atoms with Gasteiger partial charge in [-0.2, -0.15) is 0 Å². The molecule has 0 aliphatic rings. The van der Waals surface area contributed by atoms with E-state index >= 15 is 0 Å². The molecule has 0 aliphatic heterocycles. The highest BCUT2D eigenvalue weighted by Gasteiger charge is 2.07. The number of nitrogens with one attached hydrogen (secondary N) is 2. The molecular formula is C10H8N4O4. The molecule has 0 radical (unpaired) electrons. The molecule has 8 nitrogen and oxygen atoms in total. The Morgan fingerprint density at radius 1 is 1.33 bits per heavy atom. The zero-order valence-corrected chi connectivity index (χ0v) is 8.95. The van der Waals surface area contributed by atoms with Gasteiger partial charge in [-0.3, -0.25) is 25.1 Å². The number of non-ortho nitro benzene ring substituents is 1. The van der Waals surface area contributed by atoms with Crippen molar-refractivity contribution in [2.45, 2.75) is 0 Å². The van der Waals surface area contributed by atoms with Crippen molar-refractivity contribution in [1.82, 2.24) is 9.97 Å². The van der Waals surface area contributed by atoms with Crippen molar-refractivity contribution in [2.75, 3.05) is 5.48 Å². The van der Waals surface area contributed by atoms with Crippen LogP contribution in [0.15, 0.2) is 35.1 Å². The maximum Gasteiger partial charge on any atom is 0.269 e. The van der Waals surface area contributed by atoms with Crippen LogP contribution in [0.3, 0.4) is 0 Å². The lowest BCUT2D eigenvalue weighted by molar-refractivity contribution is -0.384. The van der Waals surface area contributed by atoms with Crippen LogP contribution in [0.2, 0.25) is 0 Å². The lowest BCUT2D eigenvalue weighted by Crippen LogP contribution is -2.10. The van der Waals surface area contributed by atoms with Crippen LogP contribution in [-0.4, -0.2) is 20.1 Å². The number of nitro groups is 1. The number of aromatic nitrogens is 2. The topological polar surface area (TPSA) is 121 Å². The van der Waals surface area contributed by atoms with Gasteiger partial charge in [0.15, 0.2) is 0 Å². The standard InChI is InChI=1S/C10H8N4O4/c15-9-5-8(11-10(12-9)13-16)6-1-3-7(4-2-6)14(17)18/h1-5,16H,(H2,11,12,13,15). The highest BCUT2D eigenvalue weighted by atomic mass is 16.6. The summed E-state index contributed by atoms with van der Waals surface area (Å²) in [7, 11) is 0. The Kier molecular flexibility index (Phi) is 3.02. The summed E-state index contributed by atoms with van der Waals surface area (Å²) < 4.78 is 0. The third-order valence-corrected chi connectivity index (χ3v) is 2.22. The average molecular weight is 248 g/mol. The molecule has 0 atom stereocenters. The van der Waals surface area contributed by atoms with E-state index in [-0.39, 0.29) is 11.6 Å². The lowest BCUT2D eigenvalue weighted by atomic mass is 10.1. The predicted molar refractivity (Wildman–Crippen MR) is 62.4 cm³/mol. The van der Waals surface area contributed by atoms with Gasteiger partial charge >= 0.3 is 0 Å². The Bertz CT molecular complexity index is 635. The van der Waals surface area contributed by atoms with Gasteiger partial charge in [0.25, 0.3) is 11.2 Å². The van der Waals surface area contributed by atoms with Crippen molar-refractivity contribution >= 4 is 11.6 Å². The fourth-order valence-corrected chi connectivity index (χ4v) is 1.41. The van der Waals surface area contributed by atoms with E-state index in [9.17, 15) is 14.9 Å². The number of anilines is 1. The smallest absolute Gasteiger partial charge is 0.269 e. The molecule has 2 rings (SSSR count). The minimum Gasteiger partial charge on any atom is -0.291 e. The van der Waals surface area contributed by atoms with Crippen molar-refractivity contribution in [2.24, 2.45) is 0 Å². The van der Waals surface area contributed by atoms with Gasteiger partial charge in [0.2, 0.25) is 5.95 Å². The summed E-state index contributed by atoms with van der Waals surface area (Å²) in [5, 5.41) is 19.2. The van der Waals surface area contributed by atoms with E-state index in [0.717, 1.165) is 0 Å². The number of hydrogen-bond donors (Lipinski definition) is 3. The maximum absolute atomic E-state index is 11.3. The molecule has 8 heteroatoms. The van der Waals surface area contributed by atoms with Gasteiger partial charge < -0.3 is 0 Å². The Hall–Kier alpha value is -2.74. The first-order valence-electron chi connectivity index (χ1n) is 4.86. The summed E-state index contributed by atoms with van der Waals surface area (Å²) in [6.45, 7) is 0. The van der Waals surface area contributed by atoms with Gasteiger partial charge in [-0.15, -0.1) is 0 Å². The van der Waals surface area contributed by atoms with E-state index in [1.807, 2.05) is 0 Å². The SMILES string of the molecule is O=c1cc(-c2ccc([N+](=O)[O-])cc2)nc(NO)[nH]1. The lowest BCUT2D eigenvalue weighted by Gasteiger charge is -2.02. The highest BCUT2D eigenvalue weighted by molar-refractivity contribution is 5.61. The van der Waals surface area contributed by atoms with Crippen molar-refractivity contribution in [1.29, 1.82) is 0 Å². The predicted octanol–water partition coefficient (Wildman–Crippen LogP) is 1.15. The molecule has 3 N–H and O–H groups in total. The zero-order chi connectivity index (χ0) is 13.1. The van der Waals surface area contributed by atoms with Crippen LogP contribution in [0.5, 0.6) is 0 Å². The normalized spacial score (nSPS) is 10.1. The molecule has 1 heterocycles. The molecule has 0 saturated carbocycles. The fourth-order valence-electron chi connectivity index (χ4n) is 1.41. The minimum absolute atomic E-state index is 0.0518. The largest absolute Gasteiger partial charge is 0.291 e. The van der Waals surface area contributed by atoms with Gasteiger partial charge in [0.1, 0.15) is 0 Å². The van der Waals surface area contributed by atoms with Gasteiger partial charge in [0.05, 0.1) is 10.6 Å². The summed E-state index contributed by atoms with van der Waals surface area (Å²) in [5.41, 5.74) is 2.06. The van der Waals surface area contributed by atoms with Gasteiger partial charge in [-0.25, -0.2) is 10.5 Å². The summed E-state index contributed by atoms with van der Waals surface area (Å²) in [4.78, 5) is 27.4. The molecule has 0 spiro atoms. The minimum atomic E-state index is -0.518. The molecule has 0 fully saturated rings. The first-order valence-corrected chi connectivity index (χ1v) is 4.86. The molecule has 0 saturated heterocycles. The number of rotatable bonds is 3. The number of benzene rings is 1. The number of nitrogens with zero attached hydrogens (tertiary/aromatic N) is 2. The Morgan fingerprint density at radius 2 is 2.00 bits per heavy atom. The van der Waals surface area contributed by atoms with Crippen LogP contribution in [0.1, 0.15) is 0 Å². The molecule has 0 bridgehead atoms. The second-order valence-electron chi connectivity index (χ2n) is 3.40. The van der Waals surface area contributed by atoms with Crippen molar-refractivity contribution in [3.05, 3.63) is 50.8 Å². The quantitative estimate of drug-likeness (QED) is 0.553. The van der Waals surface area contributed by atoms with E-state index in [1.165, 1.54) is 30.3 Å². The van der Waals surface area contributed by atoms with Crippen LogP contribution in [0.25, 0.3) is 11.3 Å². The van der Waals surface area contributed by atoms with Gasteiger partial charge in [-0.05, 0) is 12.1 Å². The van der Waals surface area contributed by atoms with Crippen molar-refractivity contribution < 1.29 is 10.1 Å². The molecule has 1 aromatic carbocycles. The summed E-state index contributed by atoms with van der Waals surface area (Å²) in [6, 6.07) is 6.79. The molecule has 18 heavy (non-hydrogen) atoms. The van der Waals surface area contributed by atoms with Crippen LogP contribution < -0.4 is 11.0 Å². The Balaban J connectivity index is 2.45. The van der Waals surface area contributed by atoms with Gasteiger partial charge in [0, 0.05) is 23.8 Å². The summed E-state index contributed by atoms with van der Waals surface area (Å²) in [6.07, 6.45) is 0. The summed E-state index contributed by atoms with van der Waals surface area (Å²) in [5.74, 6) is -0.101. The third kappa shape index (κ3) is 2.33. The number of H-pyrrole nitrogens is 1. The molecular weight excluding hydrogens is 240 g/mol. The summed E-state index contributed by atoms with van der Waals surface area (Å²) >= 11 is 0. The zero-order valence-electron chi connectivity index (χ0n) is 8.95. The van der Waals surface area contributed by atoms with E-state index in [4.69, 9.17) is 5.21 Å². The molecule has 0 aliphatic carbocycles. The number of hydrogen-bond acceptors (Lipinski definition) is 6. The van der Waals surface area contributed by atoms with Crippen LogP contribution >= 0.6 is 0 Å². The third-order valence-electron chi connectivity index (χ3n) is 2.22. The van der Waals surface area contributed by atoms with E-state index in [1.54, 1.807) is 5.48 Å². The molecule has 0 amide bonds. The van der Waals surface area contributed by atoms with Crippen LogP contribution in [0.4, 0.5) is 11.6 Å². The number of nitro benzene ring substituents is 1. The highest BCUT2D eigenvalue weighted by Crippen LogP contribution is 2.20. The Labute approximate surface area is 100 Å². The first kappa shape index (κ1) is 11.7. The monoisotopic (exact) mass is 248 g/mol. The van der Waals surface area contributed by atoms with E-state index < -0.39 is 10.5 Å². The average Bonchev–Trinajstić information content (AvgIpc) is 2.38. The molecule has 1 aromatic heterocycles. The van der Waals surface area contributed by atoms with Gasteiger partial charge in [-0.1, -0.05) is 0 Å². The van der Waals surface area contributed by atoms with Crippen molar-refractivity contribution in [3.63, 3.8) is 0 Å².